The summed E-state index contributed by atoms with van der Waals surface area (Å²) in [6.07, 6.45) is 0. The third-order valence-electron chi connectivity index (χ3n) is 3.47. The van der Waals surface area contributed by atoms with E-state index in [0.29, 0.717) is 5.56 Å². The maximum atomic E-state index is 11.6. The molecule has 0 saturated heterocycles. The highest BCUT2D eigenvalue weighted by molar-refractivity contribution is 5.78. The summed E-state index contributed by atoms with van der Waals surface area (Å²) < 4.78 is 10.3. The molecule has 6 nitrogen and oxygen atoms in total. The number of ether oxygens (including phenoxy) is 2. The molecule has 0 aliphatic rings. The Hall–Kier alpha value is -2.89. The first-order valence-electron chi connectivity index (χ1n) is 7.06. The van der Waals surface area contributed by atoms with Crippen molar-refractivity contribution >= 4 is 11.7 Å². The summed E-state index contributed by atoms with van der Waals surface area (Å²) in [7, 11) is 1.30. The first kappa shape index (κ1) is 16.5. The SMILES string of the molecule is COC(=O)C(C)c1ccc([N+](=O)[O-])c(OCc2ccccc2)c1. The van der Waals surface area contributed by atoms with Crippen LogP contribution in [0.5, 0.6) is 5.75 Å². The van der Waals surface area contributed by atoms with Gasteiger partial charge in [-0.2, -0.15) is 0 Å². The van der Waals surface area contributed by atoms with E-state index in [4.69, 9.17) is 9.47 Å². The van der Waals surface area contributed by atoms with E-state index in [9.17, 15) is 14.9 Å². The fraction of sp³-hybridized carbons (Fsp3) is 0.235. The van der Waals surface area contributed by atoms with Crippen LogP contribution in [0.25, 0.3) is 0 Å². The minimum Gasteiger partial charge on any atom is -0.482 e. The van der Waals surface area contributed by atoms with Crippen molar-refractivity contribution in [2.45, 2.75) is 19.4 Å². The maximum absolute atomic E-state index is 11.6. The molecule has 1 atom stereocenters. The minimum atomic E-state index is -0.528. The van der Waals surface area contributed by atoms with Crippen molar-refractivity contribution in [3.8, 4) is 5.75 Å². The largest absolute Gasteiger partial charge is 0.482 e. The van der Waals surface area contributed by atoms with Crippen LogP contribution in [0, 0.1) is 10.1 Å². The van der Waals surface area contributed by atoms with Crippen molar-refractivity contribution in [2.24, 2.45) is 0 Å². The Labute approximate surface area is 133 Å². The van der Waals surface area contributed by atoms with Crippen molar-refractivity contribution < 1.29 is 19.2 Å². The Kier molecular flexibility index (Phi) is 5.30. The second-order valence-corrected chi connectivity index (χ2v) is 5.00. The van der Waals surface area contributed by atoms with Gasteiger partial charge in [-0.25, -0.2) is 0 Å². The third-order valence-corrected chi connectivity index (χ3v) is 3.47. The summed E-state index contributed by atoms with van der Waals surface area (Å²) in [6, 6.07) is 13.7. The molecule has 23 heavy (non-hydrogen) atoms. The quantitative estimate of drug-likeness (QED) is 0.463. The molecule has 0 radical (unpaired) electrons. The van der Waals surface area contributed by atoms with Gasteiger partial charge in [0.15, 0.2) is 5.75 Å². The zero-order valence-electron chi connectivity index (χ0n) is 12.9. The molecule has 0 fully saturated rings. The van der Waals surface area contributed by atoms with Crippen LogP contribution in [0.15, 0.2) is 48.5 Å². The third kappa shape index (κ3) is 4.06. The standard InChI is InChI=1S/C17H17NO5/c1-12(17(19)22-2)14-8-9-15(18(20)21)16(10-14)23-11-13-6-4-3-5-7-13/h3-10,12H,11H2,1-2H3. The molecule has 6 heteroatoms. The van der Waals surface area contributed by atoms with Crippen LogP contribution >= 0.6 is 0 Å². The average Bonchev–Trinajstić information content (AvgIpc) is 2.59. The lowest BCUT2D eigenvalue weighted by Gasteiger charge is -2.12. The Morgan fingerprint density at radius 3 is 2.52 bits per heavy atom. The van der Waals surface area contributed by atoms with Crippen LogP contribution in [0.3, 0.4) is 0 Å². The molecular weight excluding hydrogens is 298 g/mol. The number of hydrogen-bond acceptors (Lipinski definition) is 5. The molecule has 0 aliphatic carbocycles. The van der Waals surface area contributed by atoms with Crippen molar-refractivity contribution in [1.29, 1.82) is 0 Å². The van der Waals surface area contributed by atoms with Crippen LogP contribution in [-0.2, 0) is 16.1 Å². The molecule has 0 heterocycles. The summed E-state index contributed by atoms with van der Waals surface area (Å²) in [4.78, 5) is 22.3. The predicted octanol–water partition coefficient (Wildman–Crippen LogP) is 3.45. The highest BCUT2D eigenvalue weighted by Gasteiger charge is 2.21. The summed E-state index contributed by atoms with van der Waals surface area (Å²) in [5.41, 5.74) is 1.36. The second kappa shape index (κ2) is 7.40. The highest BCUT2D eigenvalue weighted by atomic mass is 16.6. The zero-order valence-corrected chi connectivity index (χ0v) is 12.9. The summed E-state index contributed by atoms with van der Waals surface area (Å²) >= 11 is 0. The van der Waals surface area contributed by atoms with Crippen molar-refractivity contribution in [2.75, 3.05) is 7.11 Å². The first-order valence-corrected chi connectivity index (χ1v) is 7.06. The number of hydrogen-bond donors (Lipinski definition) is 0. The normalized spacial score (nSPS) is 11.6. The molecule has 2 rings (SSSR count). The summed E-state index contributed by atoms with van der Waals surface area (Å²) in [6.45, 7) is 1.88. The number of nitro groups is 1. The number of methoxy groups -OCH3 is 1. The van der Waals surface area contributed by atoms with Crippen LogP contribution < -0.4 is 4.74 Å². The molecule has 2 aromatic carbocycles. The lowest BCUT2D eigenvalue weighted by Crippen LogP contribution is -2.11. The Morgan fingerprint density at radius 2 is 1.91 bits per heavy atom. The predicted molar refractivity (Wildman–Crippen MR) is 84.3 cm³/mol. The molecule has 0 bridgehead atoms. The fourth-order valence-electron chi connectivity index (χ4n) is 2.11. The van der Waals surface area contributed by atoms with Crippen LogP contribution in [0.4, 0.5) is 5.69 Å². The molecule has 0 amide bonds. The van der Waals surface area contributed by atoms with E-state index in [1.165, 1.54) is 25.3 Å². The van der Waals surface area contributed by atoms with Gasteiger partial charge >= 0.3 is 11.7 Å². The number of benzene rings is 2. The molecular formula is C17H17NO5. The number of nitrogens with zero attached hydrogens (tertiary/aromatic N) is 1. The number of carbonyl (C=O) groups excluding carboxylic acids is 1. The van der Waals surface area contributed by atoms with Crippen molar-refractivity contribution in [1.82, 2.24) is 0 Å². The lowest BCUT2D eigenvalue weighted by molar-refractivity contribution is -0.386. The maximum Gasteiger partial charge on any atom is 0.312 e. The molecule has 2 aromatic rings. The van der Waals surface area contributed by atoms with Gasteiger partial charge in [0.25, 0.3) is 0 Å². The van der Waals surface area contributed by atoms with Gasteiger partial charge in [0.1, 0.15) is 6.61 Å². The lowest BCUT2D eigenvalue weighted by atomic mass is 10.0. The fourth-order valence-corrected chi connectivity index (χ4v) is 2.11. The molecule has 0 aromatic heterocycles. The Morgan fingerprint density at radius 1 is 1.22 bits per heavy atom. The van der Waals surface area contributed by atoms with E-state index in [1.54, 1.807) is 6.92 Å². The summed E-state index contributed by atoms with van der Waals surface area (Å²) in [5, 5.41) is 11.1. The minimum absolute atomic E-state index is 0.132. The molecule has 0 saturated carbocycles. The van der Waals surface area contributed by atoms with Crippen LogP contribution in [0.2, 0.25) is 0 Å². The van der Waals surface area contributed by atoms with E-state index >= 15 is 0 Å². The Bertz CT molecular complexity index is 699. The van der Waals surface area contributed by atoms with Gasteiger partial charge in [0, 0.05) is 6.07 Å². The molecule has 0 spiro atoms. The van der Waals surface area contributed by atoms with Gasteiger partial charge in [-0.05, 0) is 24.1 Å². The Balaban J connectivity index is 2.27. The smallest absolute Gasteiger partial charge is 0.312 e. The number of rotatable bonds is 6. The van der Waals surface area contributed by atoms with Crippen molar-refractivity contribution in [3.05, 3.63) is 69.8 Å². The molecule has 120 valence electrons. The average molecular weight is 315 g/mol. The number of esters is 1. The van der Waals surface area contributed by atoms with Crippen molar-refractivity contribution in [3.63, 3.8) is 0 Å². The van der Waals surface area contributed by atoms with Gasteiger partial charge in [-0.3, -0.25) is 14.9 Å². The van der Waals surface area contributed by atoms with Gasteiger partial charge in [-0.1, -0.05) is 36.4 Å². The van der Waals surface area contributed by atoms with Crippen LogP contribution in [0.1, 0.15) is 24.0 Å². The van der Waals surface area contributed by atoms with E-state index in [2.05, 4.69) is 0 Å². The van der Waals surface area contributed by atoms with E-state index in [0.717, 1.165) is 5.56 Å². The topological polar surface area (TPSA) is 78.7 Å². The first-order chi connectivity index (χ1) is 11.0. The van der Waals surface area contributed by atoms with E-state index < -0.39 is 16.8 Å². The van der Waals surface area contributed by atoms with Gasteiger partial charge in [-0.15, -0.1) is 0 Å². The zero-order chi connectivity index (χ0) is 16.8. The van der Waals surface area contributed by atoms with E-state index in [1.807, 2.05) is 30.3 Å². The van der Waals surface area contributed by atoms with E-state index in [-0.39, 0.29) is 18.0 Å². The highest BCUT2D eigenvalue weighted by Crippen LogP contribution is 2.31. The molecule has 0 N–H and O–H groups in total. The van der Waals surface area contributed by atoms with Gasteiger partial charge < -0.3 is 9.47 Å². The molecule has 1 unspecified atom stereocenters. The molecule has 0 aliphatic heterocycles. The number of carbonyl (C=O) groups is 1. The van der Waals surface area contributed by atoms with Crippen LogP contribution in [-0.4, -0.2) is 18.0 Å². The summed E-state index contributed by atoms with van der Waals surface area (Å²) in [5.74, 6) is -0.806. The monoisotopic (exact) mass is 315 g/mol. The second-order valence-electron chi connectivity index (χ2n) is 5.00. The van der Waals surface area contributed by atoms with Gasteiger partial charge in [0.05, 0.1) is 18.0 Å². The number of nitro benzene ring substituents is 1. The van der Waals surface area contributed by atoms with Gasteiger partial charge in [0.2, 0.25) is 0 Å².